The quantitative estimate of drug-likeness (QED) is 0.442. The van der Waals surface area contributed by atoms with E-state index in [4.69, 9.17) is 4.74 Å². The Bertz CT molecular complexity index is 684. The van der Waals surface area contributed by atoms with Crippen molar-refractivity contribution < 1.29 is 9.53 Å². The van der Waals surface area contributed by atoms with Crippen molar-refractivity contribution in [2.24, 2.45) is 0 Å². The van der Waals surface area contributed by atoms with E-state index in [1.54, 1.807) is 29.2 Å². The Morgan fingerprint density at radius 2 is 2.18 bits per heavy atom. The van der Waals surface area contributed by atoms with Crippen molar-refractivity contribution in [2.75, 3.05) is 6.61 Å². The summed E-state index contributed by atoms with van der Waals surface area (Å²) in [6.07, 6.45) is 8.33. The lowest BCUT2D eigenvalue weighted by Gasteiger charge is -2.06. The summed E-state index contributed by atoms with van der Waals surface area (Å²) in [6, 6.07) is 7.80. The Balaban J connectivity index is 2.13. The third-order valence-corrected chi connectivity index (χ3v) is 3.11. The summed E-state index contributed by atoms with van der Waals surface area (Å²) in [6.45, 7) is 8.10. The fourth-order valence-corrected chi connectivity index (χ4v) is 1.91. The third-order valence-electron chi connectivity index (χ3n) is 3.11. The second kappa shape index (κ2) is 7.41. The molecule has 4 heteroatoms. The predicted molar refractivity (Wildman–Crippen MR) is 88.1 cm³/mol. The molecule has 1 heterocycles. The largest absolute Gasteiger partial charge is 0.489 e. The Kier molecular flexibility index (Phi) is 5.31. The Morgan fingerprint density at radius 3 is 2.86 bits per heavy atom. The molecule has 0 unspecified atom stereocenters. The number of ketones is 1. The molecule has 1 aromatic heterocycles. The molecule has 0 aliphatic heterocycles. The van der Waals surface area contributed by atoms with Crippen molar-refractivity contribution in [1.82, 2.24) is 9.78 Å². The molecule has 2 aromatic rings. The van der Waals surface area contributed by atoms with Crippen molar-refractivity contribution in [3.8, 4) is 5.75 Å². The van der Waals surface area contributed by atoms with E-state index in [9.17, 15) is 4.79 Å². The van der Waals surface area contributed by atoms with Gasteiger partial charge in [0.05, 0.1) is 11.8 Å². The van der Waals surface area contributed by atoms with Gasteiger partial charge in [0.15, 0.2) is 5.78 Å². The smallest absolute Gasteiger partial charge is 0.189 e. The van der Waals surface area contributed by atoms with Gasteiger partial charge in [-0.2, -0.15) is 5.10 Å². The molecule has 0 amide bonds. The number of ether oxygens (including phenoxy) is 1. The first kappa shape index (κ1) is 15.8. The molecule has 22 heavy (non-hydrogen) atoms. The molecule has 0 bridgehead atoms. The first-order valence-electron chi connectivity index (χ1n) is 7.21. The van der Waals surface area contributed by atoms with Gasteiger partial charge in [-0.1, -0.05) is 30.9 Å². The molecule has 4 nitrogen and oxygen atoms in total. The number of benzene rings is 1. The van der Waals surface area contributed by atoms with Crippen LogP contribution in [-0.2, 0) is 0 Å². The van der Waals surface area contributed by atoms with E-state index in [0.29, 0.717) is 12.2 Å². The standard InChI is InChI=1S/C18H20N2O2/c1-4-11-22-18-8-6-5-7-15(18)9-10-17(21)16-12-19-20(13-16)14(2)3/h4-10,12-14H,1,11H2,2-3H3/b10-9+. The highest BCUT2D eigenvalue weighted by atomic mass is 16.5. The van der Waals surface area contributed by atoms with Crippen molar-refractivity contribution in [3.05, 3.63) is 66.5 Å². The second-order valence-corrected chi connectivity index (χ2v) is 5.14. The van der Waals surface area contributed by atoms with Gasteiger partial charge in [-0.05, 0) is 32.1 Å². The fraction of sp³-hybridized carbons (Fsp3) is 0.222. The van der Waals surface area contributed by atoms with Gasteiger partial charge in [-0.15, -0.1) is 0 Å². The maximum Gasteiger partial charge on any atom is 0.189 e. The number of para-hydroxylation sites is 1. The lowest BCUT2D eigenvalue weighted by Crippen LogP contribution is -2.00. The number of carbonyl (C=O) groups is 1. The number of allylic oxidation sites excluding steroid dienone is 1. The van der Waals surface area contributed by atoms with E-state index in [0.717, 1.165) is 11.3 Å². The zero-order valence-electron chi connectivity index (χ0n) is 12.9. The van der Waals surface area contributed by atoms with Gasteiger partial charge in [0.25, 0.3) is 0 Å². The van der Waals surface area contributed by atoms with E-state index < -0.39 is 0 Å². The molecule has 0 radical (unpaired) electrons. The molecule has 0 N–H and O–H groups in total. The molecule has 0 aliphatic carbocycles. The zero-order valence-corrected chi connectivity index (χ0v) is 12.9. The number of hydrogen-bond donors (Lipinski definition) is 0. The van der Waals surface area contributed by atoms with Gasteiger partial charge in [0.2, 0.25) is 0 Å². The molecule has 0 saturated carbocycles. The lowest BCUT2D eigenvalue weighted by molar-refractivity contribution is 0.104. The van der Waals surface area contributed by atoms with Crippen LogP contribution in [0.3, 0.4) is 0 Å². The average molecular weight is 296 g/mol. The van der Waals surface area contributed by atoms with Crippen LogP contribution in [0.2, 0.25) is 0 Å². The summed E-state index contributed by atoms with van der Waals surface area (Å²) in [5, 5.41) is 4.18. The van der Waals surface area contributed by atoms with E-state index in [-0.39, 0.29) is 11.8 Å². The molecule has 0 aliphatic rings. The lowest BCUT2D eigenvalue weighted by atomic mass is 10.1. The average Bonchev–Trinajstić information content (AvgIpc) is 3.01. The van der Waals surface area contributed by atoms with Gasteiger partial charge >= 0.3 is 0 Å². The molecule has 1 aromatic carbocycles. The Morgan fingerprint density at radius 1 is 1.41 bits per heavy atom. The summed E-state index contributed by atoms with van der Waals surface area (Å²) >= 11 is 0. The monoisotopic (exact) mass is 296 g/mol. The number of nitrogens with zero attached hydrogens (tertiary/aromatic N) is 2. The van der Waals surface area contributed by atoms with Crippen LogP contribution >= 0.6 is 0 Å². The van der Waals surface area contributed by atoms with Crippen LogP contribution in [0.4, 0.5) is 0 Å². The van der Waals surface area contributed by atoms with Crippen LogP contribution in [0.5, 0.6) is 5.75 Å². The predicted octanol–water partition coefficient (Wildman–Crippen LogP) is 3.92. The minimum Gasteiger partial charge on any atom is -0.489 e. The maximum absolute atomic E-state index is 12.2. The van der Waals surface area contributed by atoms with Crippen LogP contribution in [0, 0.1) is 0 Å². The van der Waals surface area contributed by atoms with Crippen molar-refractivity contribution in [2.45, 2.75) is 19.9 Å². The number of aromatic nitrogens is 2. The molecule has 2 rings (SSSR count). The van der Waals surface area contributed by atoms with E-state index in [2.05, 4.69) is 11.7 Å². The van der Waals surface area contributed by atoms with E-state index >= 15 is 0 Å². The van der Waals surface area contributed by atoms with Crippen LogP contribution in [-0.4, -0.2) is 22.2 Å². The molecular formula is C18H20N2O2. The number of rotatable bonds is 7. The van der Waals surface area contributed by atoms with Gasteiger partial charge in [-0.3, -0.25) is 9.48 Å². The molecule has 0 spiro atoms. The number of carbonyl (C=O) groups excluding carboxylic acids is 1. The normalized spacial score (nSPS) is 11.0. The Hall–Kier alpha value is -2.62. The summed E-state index contributed by atoms with van der Waals surface area (Å²) in [5.41, 5.74) is 1.43. The van der Waals surface area contributed by atoms with Crippen LogP contribution < -0.4 is 4.74 Å². The van der Waals surface area contributed by atoms with Crippen LogP contribution in [0.1, 0.15) is 35.8 Å². The fourth-order valence-electron chi connectivity index (χ4n) is 1.91. The van der Waals surface area contributed by atoms with Crippen molar-refractivity contribution >= 4 is 11.9 Å². The maximum atomic E-state index is 12.2. The Labute approximate surface area is 130 Å². The van der Waals surface area contributed by atoms with Crippen LogP contribution in [0.15, 0.2) is 55.4 Å². The van der Waals surface area contributed by atoms with Crippen molar-refractivity contribution in [1.29, 1.82) is 0 Å². The van der Waals surface area contributed by atoms with E-state index in [1.165, 1.54) is 6.08 Å². The molecule has 114 valence electrons. The van der Waals surface area contributed by atoms with Crippen molar-refractivity contribution in [3.63, 3.8) is 0 Å². The first-order chi connectivity index (χ1) is 10.6. The first-order valence-corrected chi connectivity index (χ1v) is 7.21. The highest BCUT2D eigenvalue weighted by molar-refractivity contribution is 6.06. The molecule has 0 fully saturated rings. The topological polar surface area (TPSA) is 44.1 Å². The highest BCUT2D eigenvalue weighted by Crippen LogP contribution is 2.20. The SMILES string of the molecule is C=CCOc1ccccc1/C=C/C(=O)c1cnn(C(C)C)c1. The zero-order chi connectivity index (χ0) is 15.9. The summed E-state index contributed by atoms with van der Waals surface area (Å²) < 4.78 is 7.33. The minimum atomic E-state index is -0.0783. The summed E-state index contributed by atoms with van der Waals surface area (Å²) in [5.74, 6) is 0.648. The summed E-state index contributed by atoms with van der Waals surface area (Å²) in [7, 11) is 0. The molecule has 0 atom stereocenters. The third kappa shape index (κ3) is 3.95. The van der Waals surface area contributed by atoms with E-state index in [1.807, 2.05) is 38.1 Å². The van der Waals surface area contributed by atoms with Gasteiger partial charge in [0, 0.05) is 17.8 Å². The number of hydrogen-bond acceptors (Lipinski definition) is 3. The second-order valence-electron chi connectivity index (χ2n) is 5.14. The molecular weight excluding hydrogens is 276 g/mol. The van der Waals surface area contributed by atoms with Gasteiger partial charge < -0.3 is 4.74 Å². The highest BCUT2D eigenvalue weighted by Gasteiger charge is 2.07. The van der Waals surface area contributed by atoms with Crippen LogP contribution in [0.25, 0.3) is 6.08 Å². The molecule has 0 saturated heterocycles. The summed E-state index contributed by atoms with van der Waals surface area (Å²) in [4.78, 5) is 12.2. The van der Waals surface area contributed by atoms with Gasteiger partial charge in [0.1, 0.15) is 12.4 Å². The minimum absolute atomic E-state index is 0.0783. The van der Waals surface area contributed by atoms with Gasteiger partial charge in [-0.25, -0.2) is 0 Å².